The lowest BCUT2D eigenvalue weighted by molar-refractivity contribution is -0.151. The number of hydrogen-bond acceptors (Lipinski definition) is 7. The Bertz CT molecular complexity index is 1240. The van der Waals surface area contributed by atoms with Crippen LogP contribution in [-0.2, 0) is 9.53 Å². The van der Waals surface area contributed by atoms with Gasteiger partial charge in [-0.05, 0) is 39.9 Å². The summed E-state index contributed by atoms with van der Waals surface area (Å²) in [5, 5.41) is 15.9. The van der Waals surface area contributed by atoms with Gasteiger partial charge in [0.2, 0.25) is 12.0 Å². The molecule has 0 bridgehead atoms. The third-order valence-electron chi connectivity index (χ3n) is 4.59. The van der Waals surface area contributed by atoms with Gasteiger partial charge in [0.1, 0.15) is 18.2 Å². The lowest BCUT2D eigenvalue weighted by Gasteiger charge is -2.19. The standard InChI is InChI=1S/C25H18N2O3S2/c1-2-11-29-25(28)23(17-7-4-3-5-8-17)30-24-20(15-26)19(18-10-13-31-16-18)14-21(27-24)22-9-6-12-32-22/h2-10,12-14,16,23H,1,11H2. The van der Waals surface area contributed by atoms with Crippen LogP contribution in [0.5, 0.6) is 5.88 Å². The first-order valence-electron chi connectivity index (χ1n) is 9.72. The van der Waals surface area contributed by atoms with Gasteiger partial charge < -0.3 is 9.47 Å². The largest absolute Gasteiger partial charge is 0.458 e. The van der Waals surface area contributed by atoms with Crippen molar-refractivity contribution in [3.8, 4) is 33.6 Å². The van der Waals surface area contributed by atoms with E-state index in [9.17, 15) is 10.1 Å². The Morgan fingerprint density at radius 2 is 2.03 bits per heavy atom. The maximum atomic E-state index is 12.8. The number of carbonyl (C=O) groups excluding carboxylic acids is 1. The van der Waals surface area contributed by atoms with Gasteiger partial charge in [-0.25, -0.2) is 9.78 Å². The lowest BCUT2D eigenvalue weighted by Crippen LogP contribution is -2.22. The molecule has 0 N–H and O–H groups in total. The number of hydrogen-bond donors (Lipinski definition) is 0. The summed E-state index contributed by atoms with van der Waals surface area (Å²) in [7, 11) is 0. The van der Waals surface area contributed by atoms with Gasteiger partial charge in [0.05, 0.1) is 10.6 Å². The molecule has 0 aliphatic carbocycles. The number of carbonyl (C=O) groups is 1. The van der Waals surface area contributed by atoms with E-state index >= 15 is 0 Å². The molecule has 0 saturated carbocycles. The molecule has 32 heavy (non-hydrogen) atoms. The van der Waals surface area contributed by atoms with E-state index in [-0.39, 0.29) is 18.1 Å². The molecule has 1 unspecified atom stereocenters. The fourth-order valence-electron chi connectivity index (χ4n) is 3.12. The minimum Gasteiger partial charge on any atom is -0.458 e. The number of aromatic nitrogens is 1. The second-order valence-corrected chi connectivity index (χ2v) is 8.39. The fraction of sp³-hybridized carbons (Fsp3) is 0.0800. The smallest absolute Gasteiger partial charge is 0.352 e. The Balaban J connectivity index is 1.84. The summed E-state index contributed by atoms with van der Waals surface area (Å²) < 4.78 is 11.4. The van der Waals surface area contributed by atoms with E-state index in [0.717, 1.165) is 10.4 Å². The van der Waals surface area contributed by atoms with Crippen molar-refractivity contribution in [2.24, 2.45) is 0 Å². The zero-order valence-corrected chi connectivity index (χ0v) is 18.6. The molecule has 0 saturated heterocycles. The average Bonchev–Trinajstić information content (AvgIpc) is 3.55. The number of pyridine rings is 1. The summed E-state index contributed by atoms with van der Waals surface area (Å²) >= 11 is 3.07. The van der Waals surface area contributed by atoms with Crippen LogP contribution in [0.1, 0.15) is 17.2 Å². The summed E-state index contributed by atoms with van der Waals surface area (Å²) in [6.45, 7) is 3.64. The highest BCUT2D eigenvalue weighted by Crippen LogP contribution is 2.37. The van der Waals surface area contributed by atoms with Crippen molar-refractivity contribution >= 4 is 28.6 Å². The molecule has 5 nitrogen and oxygen atoms in total. The molecule has 1 aromatic carbocycles. The maximum Gasteiger partial charge on any atom is 0.352 e. The van der Waals surface area contributed by atoms with E-state index in [0.29, 0.717) is 16.8 Å². The van der Waals surface area contributed by atoms with Gasteiger partial charge in [-0.3, -0.25) is 0 Å². The lowest BCUT2D eigenvalue weighted by atomic mass is 10.0. The van der Waals surface area contributed by atoms with Crippen molar-refractivity contribution in [1.82, 2.24) is 4.98 Å². The van der Waals surface area contributed by atoms with Crippen LogP contribution in [0.15, 0.2) is 83.4 Å². The Labute approximate surface area is 193 Å². The predicted molar refractivity (Wildman–Crippen MR) is 127 cm³/mol. The molecule has 3 aromatic heterocycles. The molecule has 0 fully saturated rings. The highest BCUT2D eigenvalue weighted by atomic mass is 32.1. The highest BCUT2D eigenvalue weighted by Gasteiger charge is 2.27. The van der Waals surface area contributed by atoms with Gasteiger partial charge in [0, 0.05) is 11.1 Å². The Hall–Kier alpha value is -3.73. The summed E-state index contributed by atoms with van der Waals surface area (Å²) in [6, 6.07) is 18.9. The van der Waals surface area contributed by atoms with E-state index in [1.54, 1.807) is 12.1 Å². The van der Waals surface area contributed by atoms with Crippen molar-refractivity contribution in [3.63, 3.8) is 0 Å². The minimum absolute atomic E-state index is 0.0550. The minimum atomic E-state index is -1.08. The second-order valence-electron chi connectivity index (χ2n) is 6.66. The Morgan fingerprint density at radius 3 is 2.69 bits per heavy atom. The third kappa shape index (κ3) is 4.62. The first-order valence-corrected chi connectivity index (χ1v) is 11.5. The van der Waals surface area contributed by atoms with Crippen molar-refractivity contribution < 1.29 is 14.3 Å². The van der Waals surface area contributed by atoms with Crippen LogP contribution in [-0.4, -0.2) is 17.6 Å². The predicted octanol–water partition coefficient (Wildman–Crippen LogP) is 6.26. The summed E-state index contributed by atoms with van der Waals surface area (Å²) in [6.07, 6.45) is 0.412. The SMILES string of the molecule is C=CCOC(=O)C(Oc1nc(-c2cccs2)cc(-c2ccsc2)c1C#N)c1ccccc1. The third-order valence-corrected chi connectivity index (χ3v) is 6.17. The molecule has 4 rings (SSSR count). The normalized spacial score (nSPS) is 11.3. The Morgan fingerprint density at radius 1 is 1.19 bits per heavy atom. The van der Waals surface area contributed by atoms with Crippen molar-refractivity contribution in [1.29, 1.82) is 5.26 Å². The quantitative estimate of drug-likeness (QED) is 0.230. The summed E-state index contributed by atoms with van der Waals surface area (Å²) in [5.74, 6) is -0.496. The molecule has 0 amide bonds. The van der Waals surface area contributed by atoms with Gasteiger partial charge in [-0.2, -0.15) is 16.6 Å². The molecule has 0 spiro atoms. The summed E-state index contributed by atoms with van der Waals surface area (Å²) in [5.41, 5.74) is 3.13. The van der Waals surface area contributed by atoms with Crippen molar-refractivity contribution in [2.75, 3.05) is 6.61 Å². The van der Waals surface area contributed by atoms with Gasteiger partial charge in [-0.15, -0.1) is 11.3 Å². The van der Waals surface area contributed by atoms with E-state index in [1.807, 2.05) is 58.6 Å². The number of rotatable bonds is 8. The first-order chi connectivity index (χ1) is 15.7. The Kier molecular flexibility index (Phi) is 6.75. The number of nitriles is 1. The zero-order valence-electron chi connectivity index (χ0n) is 16.9. The molecular weight excluding hydrogens is 440 g/mol. The number of esters is 1. The molecule has 7 heteroatoms. The van der Waals surface area contributed by atoms with Crippen LogP contribution in [0.25, 0.3) is 21.7 Å². The highest BCUT2D eigenvalue weighted by molar-refractivity contribution is 7.13. The van der Waals surface area contributed by atoms with Crippen LogP contribution < -0.4 is 4.74 Å². The van der Waals surface area contributed by atoms with Gasteiger partial charge in [0.25, 0.3) is 0 Å². The molecule has 0 radical (unpaired) electrons. The topological polar surface area (TPSA) is 72.2 Å². The van der Waals surface area contributed by atoms with E-state index < -0.39 is 12.1 Å². The number of nitrogens with zero attached hydrogens (tertiary/aromatic N) is 2. The second kappa shape index (κ2) is 10.1. The zero-order chi connectivity index (χ0) is 22.3. The van der Waals surface area contributed by atoms with Crippen LogP contribution in [0.3, 0.4) is 0 Å². The number of thiophene rings is 2. The van der Waals surface area contributed by atoms with E-state index in [4.69, 9.17) is 9.47 Å². The molecule has 158 valence electrons. The van der Waals surface area contributed by atoms with Gasteiger partial charge in [0.15, 0.2) is 0 Å². The first kappa shape index (κ1) is 21.5. The number of ether oxygens (including phenoxy) is 2. The van der Waals surface area contributed by atoms with Gasteiger partial charge in [-0.1, -0.05) is 49.1 Å². The fourth-order valence-corrected chi connectivity index (χ4v) is 4.46. The molecule has 1 atom stereocenters. The molecule has 3 heterocycles. The van der Waals surface area contributed by atoms with Crippen molar-refractivity contribution in [2.45, 2.75) is 6.10 Å². The molecular formula is C25H18N2O3S2. The van der Waals surface area contributed by atoms with Crippen LogP contribution in [0.2, 0.25) is 0 Å². The van der Waals surface area contributed by atoms with Crippen LogP contribution in [0.4, 0.5) is 0 Å². The van der Waals surface area contributed by atoms with E-state index in [2.05, 4.69) is 17.6 Å². The summed E-state index contributed by atoms with van der Waals surface area (Å²) in [4.78, 5) is 18.4. The maximum absolute atomic E-state index is 12.8. The monoisotopic (exact) mass is 458 g/mol. The molecule has 0 aliphatic heterocycles. The average molecular weight is 459 g/mol. The van der Waals surface area contributed by atoms with Crippen LogP contribution >= 0.6 is 22.7 Å². The molecule has 4 aromatic rings. The van der Waals surface area contributed by atoms with Crippen molar-refractivity contribution in [3.05, 3.63) is 94.5 Å². The molecule has 0 aliphatic rings. The number of benzene rings is 1. The van der Waals surface area contributed by atoms with E-state index in [1.165, 1.54) is 28.7 Å². The van der Waals surface area contributed by atoms with Gasteiger partial charge >= 0.3 is 5.97 Å². The van der Waals surface area contributed by atoms with Crippen LogP contribution in [0, 0.1) is 11.3 Å².